The number of unbranched alkanes of at least 4 members (excludes halogenated alkanes) is 2. The predicted molar refractivity (Wildman–Crippen MR) is 354 cm³/mol. The summed E-state index contributed by atoms with van der Waals surface area (Å²) in [7, 11) is 5.96. The highest BCUT2D eigenvalue weighted by atomic mass is 16.6. The third-order valence-electron chi connectivity index (χ3n) is 17.6. The summed E-state index contributed by atoms with van der Waals surface area (Å²) < 4.78 is 17.7. The van der Waals surface area contributed by atoms with Crippen molar-refractivity contribution in [3.8, 4) is 0 Å². The van der Waals surface area contributed by atoms with E-state index >= 15 is 0 Å². The number of anilines is 1. The second-order valence-corrected chi connectivity index (χ2v) is 25.7. The molecule has 0 bridgehead atoms. The molecule has 11 atom stereocenters. The Labute approximate surface area is 558 Å². The Morgan fingerprint density at radius 1 is 0.695 bits per heavy atom. The monoisotopic (exact) mass is 1330 g/mol. The number of rotatable bonds is 39. The van der Waals surface area contributed by atoms with Crippen LogP contribution in [-0.2, 0) is 75.2 Å². The third-order valence-corrected chi connectivity index (χ3v) is 17.6. The van der Waals surface area contributed by atoms with E-state index in [2.05, 4.69) is 31.9 Å². The lowest BCUT2D eigenvalue weighted by atomic mass is 9.89. The van der Waals surface area contributed by atoms with Crippen LogP contribution in [0.4, 0.5) is 15.3 Å². The molecule has 2 aromatic rings. The van der Waals surface area contributed by atoms with Gasteiger partial charge < -0.3 is 66.8 Å². The number of hydrogen-bond donors (Lipinski definition) is 8. The minimum atomic E-state index is -1.19. The summed E-state index contributed by atoms with van der Waals surface area (Å²) >= 11 is 0. The highest BCUT2D eigenvalue weighted by Crippen LogP contribution is 2.30. The zero-order valence-corrected chi connectivity index (χ0v) is 57.5. The van der Waals surface area contributed by atoms with Crippen molar-refractivity contribution < 1.29 is 76.9 Å². The van der Waals surface area contributed by atoms with Gasteiger partial charge in [-0.3, -0.25) is 53.0 Å². The van der Waals surface area contributed by atoms with E-state index in [0.717, 1.165) is 15.4 Å². The summed E-state index contributed by atoms with van der Waals surface area (Å²) in [6, 6.07) is 7.86. The Morgan fingerprint density at radius 3 is 1.89 bits per heavy atom. The number of benzene rings is 2. The maximum absolute atomic E-state index is 14.8. The number of amides is 12. The molecule has 2 aliphatic heterocycles. The first-order chi connectivity index (χ1) is 44.9. The van der Waals surface area contributed by atoms with Gasteiger partial charge in [0, 0.05) is 78.6 Å². The van der Waals surface area contributed by atoms with Crippen LogP contribution >= 0.6 is 0 Å². The van der Waals surface area contributed by atoms with Gasteiger partial charge in [0.05, 0.1) is 36.6 Å². The highest BCUT2D eigenvalue weighted by Gasteiger charge is 2.44. The first-order valence-corrected chi connectivity index (χ1v) is 32.9. The molecule has 3 unspecified atom stereocenters. The lowest BCUT2D eigenvalue weighted by Crippen LogP contribution is -2.60. The Balaban J connectivity index is 1.38. The molecule has 2 aliphatic rings. The van der Waals surface area contributed by atoms with Crippen molar-refractivity contribution in [3.05, 3.63) is 77.9 Å². The molecule has 0 saturated carbocycles. The Bertz CT molecular complexity index is 2950. The quantitative estimate of drug-likeness (QED) is 0.0333. The number of carboxylic acid groups (broad SMARTS) is 1. The third kappa shape index (κ3) is 23.8. The fourth-order valence-electron chi connectivity index (χ4n) is 12.0. The van der Waals surface area contributed by atoms with Crippen molar-refractivity contribution >= 4 is 76.9 Å². The molecular weight excluding hydrogens is 1230 g/mol. The van der Waals surface area contributed by atoms with E-state index in [1.807, 2.05) is 19.9 Å². The summed E-state index contributed by atoms with van der Waals surface area (Å²) in [5, 5.41) is 26.4. The normalized spacial score (nSPS) is 16.9. The van der Waals surface area contributed by atoms with Crippen molar-refractivity contribution in [2.75, 3.05) is 53.3 Å². The van der Waals surface area contributed by atoms with Crippen molar-refractivity contribution in [2.45, 2.75) is 194 Å². The number of carbonyl (C=O) groups is 12. The molecule has 9 N–H and O–H groups in total. The van der Waals surface area contributed by atoms with Crippen LogP contribution in [0.1, 0.15) is 138 Å². The summed E-state index contributed by atoms with van der Waals surface area (Å²) in [6.07, 6.45) is 3.58. The largest absolute Gasteiger partial charge is 0.480 e. The lowest BCUT2D eigenvalue weighted by Gasteiger charge is -2.41. The predicted octanol–water partition coefficient (Wildman–Crippen LogP) is 4.65. The van der Waals surface area contributed by atoms with Crippen molar-refractivity contribution in [1.82, 2.24) is 46.2 Å². The van der Waals surface area contributed by atoms with Gasteiger partial charge in [-0.05, 0) is 85.5 Å². The van der Waals surface area contributed by atoms with Crippen LogP contribution in [0, 0.1) is 29.6 Å². The highest BCUT2D eigenvalue weighted by molar-refractivity contribution is 6.12. The summed E-state index contributed by atoms with van der Waals surface area (Å²) in [5.41, 5.74) is 6.83. The number of nitrogens with one attached hydrogen (secondary N) is 6. The van der Waals surface area contributed by atoms with Gasteiger partial charge in [0.2, 0.25) is 41.4 Å². The summed E-state index contributed by atoms with van der Waals surface area (Å²) in [6.45, 7) is 16.6. The van der Waals surface area contributed by atoms with Gasteiger partial charge in [0.25, 0.3) is 11.8 Å². The van der Waals surface area contributed by atoms with Crippen LogP contribution in [-0.4, -0.2) is 198 Å². The van der Waals surface area contributed by atoms with Crippen LogP contribution in [0.15, 0.2) is 66.7 Å². The minimum absolute atomic E-state index is 0.0752. The fraction of sp³-hybridized carbons (Fsp3) is 0.618. The molecule has 0 aliphatic carbocycles. The zero-order valence-electron chi connectivity index (χ0n) is 57.5. The van der Waals surface area contributed by atoms with E-state index in [-0.39, 0.29) is 81.4 Å². The van der Waals surface area contributed by atoms with E-state index in [4.69, 9.17) is 19.9 Å². The summed E-state index contributed by atoms with van der Waals surface area (Å²) in [4.78, 5) is 165. The number of likely N-dealkylation sites (N-methyl/N-ethyl adjacent to an activating group) is 2. The van der Waals surface area contributed by atoms with Crippen LogP contribution in [0.25, 0.3) is 0 Å². The Morgan fingerprint density at radius 2 is 1.33 bits per heavy atom. The van der Waals surface area contributed by atoms with E-state index in [1.165, 1.54) is 38.3 Å². The van der Waals surface area contributed by atoms with Gasteiger partial charge in [-0.15, -0.1) is 0 Å². The van der Waals surface area contributed by atoms with E-state index < -0.39 is 126 Å². The van der Waals surface area contributed by atoms with Crippen molar-refractivity contribution in [2.24, 2.45) is 35.3 Å². The van der Waals surface area contributed by atoms with E-state index in [0.29, 0.717) is 56.3 Å². The number of nitrogens with two attached hydrogens (primary N) is 1. The van der Waals surface area contributed by atoms with Crippen molar-refractivity contribution in [3.63, 3.8) is 0 Å². The number of imide groups is 1. The van der Waals surface area contributed by atoms with Gasteiger partial charge in [0.15, 0.2) is 0 Å². The number of likely N-dealkylation sites (tertiary alicyclic amines) is 1. The van der Waals surface area contributed by atoms with E-state index in [1.54, 1.807) is 109 Å². The summed E-state index contributed by atoms with van der Waals surface area (Å²) in [5.74, 6) is -7.74. The van der Waals surface area contributed by atoms with Gasteiger partial charge in [-0.2, -0.15) is 0 Å². The molecule has 2 heterocycles. The van der Waals surface area contributed by atoms with Crippen molar-refractivity contribution in [1.29, 1.82) is 0 Å². The number of nitrogens with zero attached hydrogens (tertiary/aromatic N) is 4. The average Bonchev–Trinajstić information content (AvgIpc) is 1.81. The molecule has 12 amide bonds. The molecule has 1 saturated heterocycles. The molecule has 2 aromatic carbocycles. The molecule has 4 rings (SSSR count). The number of urea groups is 1. The van der Waals surface area contributed by atoms with Crippen LogP contribution in [0.5, 0.6) is 0 Å². The molecule has 0 spiro atoms. The maximum atomic E-state index is 14.8. The van der Waals surface area contributed by atoms with Crippen LogP contribution < -0.4 is 37.6 Å². The second kappa shape index (κ2) is 38.8. The average molecular weight is 1330 g/mol. The number of ether oxygens (including phenoxy) is 3. The maximum Gasteiger partial charge on any atom is 0.410 e. The van der Waals surface area contributed by atoms with Crippen LogP contribution in [0.3, 0.4) is 0 Å². The van der Waals surface area contributed by atoms with Gasteiger partial charge >= 0.3 is 18.1 Å². The first kappa shape index (κ1) is 79.0. The van der Waals surface area contributed by atoms with E-state index in [9.17, 15) is 62.6 Å². The van der Waals surface area contributed by atoms with Crippen LogP contribution in [0.2, 0.25) is 0 Å². The molecule has 1 fully saturated rings. The molecule has 0 aromatic heterocycles. The second-order valence-electron chi connectivity index (χ2n) is 25.7. The van der Waals surface area contributed by atoms with Gasteiger partial charge in [-0.1, -0.05) is 118 Å². The molecule has 27 heteroatoms. The topological polar surface area (TPSA) is 364 Å². The first-order valence-electron chi connectivity index (χ1n) is 32.9. The number of primary amides is 1. The Hall–Kier alpha value is -8.46. The number of hydrogen-bond acceptors (Lipinski definition) is 15. The molecular formula is C68H103N11O16. The van der Waals surface area contributed by atoms with Gasteiger partial charge in [-0.25, -0.2) is 14.4 Å². The number of methoxy groups -OCH3 is 2. The molecule has 95 heavy (non-hydrogen) atoms. The SMILES string of the molecule is CCC(C)[C@@H](C(CC(=O)N1CCC[C@H]1[C@H](OC)[C@@H](C)C(=O)N[C@@H](Cc1ccccc1)C(=O)O)OC)N(C)C(=O)C(NC(=O)[C@H](C(C)C)N(C)C(=O)OCc1ccc(NC(=O)[C@@H](CCCNC(N)=O)NC(=O)[C@@H](NC(=O)CCCCCN2C(=O)C=CC2=O)C(C)C)cc1)C(C)C. The zero-order chi connectivity index (χ0) is 70.8. The fourth-order valence-corrected chi connectivity index (χ4v) is 12.0. The lowest BCUT2D eigenvalue weighted by molar-refractivity contribution is -0.148. The molecule has 0 radical (unpaired) electrons. The molecule has 27 nitrogen and oxygen atoms in total. The number of aliphatic carboxylic acids is 1. The number of carbonyl (C=O) groups excluding carboxylic acids is 11. The Kier molecular flexibility index (Phi) is 32.2. The number of carboxylic acids is 1. The van der Waals surface area contributed by atoms with Gasteiger partial charge in [0.1, 0.15) is 36.8 Å². The molecule has 526 valence electrons. The standard InChI is InChI=1S/C68H103N11O16/c1-14-43(8)59(51(93-12)38-55(83)78-36-22-26-50(78)60(94-13)44(9)61(84)73-49(66(89)90)37-45-23-17-15-18-24-45)76(10)65(88)57(41(4)5)75-64(87)58(42(6)7)77(11)68(92)95-39-46-28-30-47(31-29-46)71-62(85)48(25-21-34-70-67(69)91)72-63(86)56(40(2)3)74-52(80)27-19-16-20-35-79-53(81)32-33-54(79)82/h15,17-18,23-24,28-33,40-44,48-51,56-60H,14,16,19-22,25-27,34-39H2,1-13H3,(H,71,85)(H,72,86)(H,73,84)(H,74,80)(H,75,87)(H,89,90)(H3,69,70,91)/t43?,44-,48-,49+,50+,51?,56+,57?,58+,59+,60-/m1/s1. The minimum Gasteiger partial charge on any atom is -0.480 e. The smallest absolute Gasteiger partial charge is 0.410 e.